The van der Waals surface area contributed by atoms with Crippen LogP contribution in [0.3, 0.4) is 0 Å². The van der Waals surface area contributed by atoms with Gasteiger partial charge in [0.15, 0.2) is 0 Å². The van der Waals surface area contributed by atoms with Crippen molar-refractivity contribution in [3.05, 3.63) is 23.9 Å². The number of anilines is 1. The smallest absolute Gasteiger partial charge is 0.252 e. The molecule has 0 aromatic carbocycles. The van der Waals surface area contributed by atoms with Crippen molar-refractivity contribution in [2.75, 3.05) is 11.9 Å². The van der Waals surface area contributed by atoms with Gasteiger partial charge in [0.25, 0.3) is 5.91 Å². The topological polar surface area (TPSA) is 54.0 Å². The number of rotatable bonds is 4. The predicted octanol–water partition coefficient (Wildman–Crippen LogP) is 3.21. The summed E-state index contributed by atoms with van der Waals surface area (Å²) in [5, 5.41) is 6.27. The third-order valence-corrected chi connectivity index (χ3v) is 3.97. The number of nitrogens with zero attached hydrogens (tertiary/aromatic N) is 1. The van der Waals surface area contributed by atoms with Gasteiger partial charge in [-0.1, -0.05) is 19.8 Å². The molecule has 0 bridgehead atoms. The highest BCUT2D eigenvalue weighted by molar-refractivity contribution is 5.93. The van der Waals surface area contributed by atoms with Crippen LogP contribution in [-0.2, 0) is 0 Å². The molecule has 0 aliphatic heterocycles. The first-order valence-corrected chi connectivity index (χ1v) is 7.69. The molecule has 1 aliphatic carbocycles. The minimum atomic E-state index is -0.0603. The first-order chi connectivity index (χ1) is 9.69. The summed E-state index contributed by atoms with van der Waals surface area (Å²) < 4.78 is 0. The lowest BCUT2D eigenvalue weighted by Gasteiger charge is -2.17. The lowest BCUT2D eigenvalue weighted by atomic mass is 10.0. The highest BCUT2D eigenvalue weighted by Crippen LogP contribution is 2.24. The largest absolute Gasteiger partial charge is 0.367 e. The maximum Gasteiger partial charge on any atom is 0.252 e. The van der Waals surface area contributed by atoms with Crippen molar-refractivity contribution < 1.29 is 4.79 Å². The van der Waals surface area contributed by atoms with Crippen LogP contribution >= 0.6 is 0 Å². The fourth-order valence-corrected chi connectivity index (χ4v) is 2.72. The van der Waals surface area contributed by atoms with E-state index in [0.29, 0.717) is 18.2 Å². The lowest BCUT2D eigenvalue weighted by Crippen LogP contribution is -2.23. The first-order valence-electron chi connectivity index (χ1n) is 7.69. The number of carbonyl (C=O) groups excluding carboxylic acids is 1. The second-order valence-electron chi connectivity index (χ2n) is 5.75. The van der Waals surface area contributed by atoms with Gasteiger partial charge in [0.2, 0.25) is 0 Å². The van der Waals surface area contributed by atoms with E-state index in [9.17, 15) is 4.79 Å². The van der Waals surface area contributed by atoms with Gasteiger partial charge in [-0.05, 0) is 44.2 Å². The van der Waals surface area contributed by atoms with Gasteiger partial charge in [0.05, 0.1) is 5.56 Å². The molecule has 2 atom stereocenters. The Morgan fingerprint density at radius 2 is 2.15 bits per heavy atom. The molecule has 1 amide bonds. The normalized spacial score (nSPS) is 22.9. The van der Waals surface area contributed by atoms with E-state index in [1.54, 1.807) is 6.20 Å². The SMILES string of the molecule is CCNC(=O)c1ccc(NC2CCCC(C)CC2)nc1. The van der Waals surface area contributed by atoms with Crippen molar-refractivity contribution >= 4 is 11.7 Å². The Hall–Kier alpha value is -1.58. The van der Waals surface area contributed by atoms with Crippen LogP contribution in [0.25, 0.3) is 0 Å². The van der Waals surface area contributed by atoms with Crippen LogP contribution in [0.15, 0.2) is 18.3 Å². The first kappa shape index (κ1) is 14.8. The third-order valence-electron chi connectivity index (χ3n) is 3.97. The highest BCUT2D eigenvalue weighted by Gasteiger charge is 2.16. The van der Waals surface area contributed by atoms with Crippen LogP contribution in [0.2, 0.25) is 0 Å². The number of nitrogens with one attached hydrogen (secondary N) is 2. The molecule has 2 unspecified atom stereocenters. The maximum absolute atomic E-state index is 11.7. The number of carbonyl (C=O) groups is 1. The Bertz CT molecular complexity index is 430. The fraction of sp³-hybridized carbons (Fsp3) is 0.625. The van der Waals surface area contributed by atoms with E-state index in [4.69, 9.17) is 0 Å². The van der Waals surface area contributed by atoms with E-state index in [1.807, 2.05) is 19.1 Å². The Balaban J connectivity index is 1.91. The van der Waals surface area contributed by atoms with Gasteiger partial charge in [0, 0.05) is 18.8 Å². The molecule has 1 aliphatic rings. The summed E-state index contributed by atoms with van der Waals surface area (Å²) in [6.07, 6.45) is 7.98. The van der Waals surface area contributed by atoms with Gasteiger partial charge in [-0.2, -0.15) is 0 Å². The Labute approximate surface area is 121 Å². The standard InChI is InChI=1S/C16H25N3O/c1-3-17-16(20)13-8-10-15(18-11-13)19-14-6-4-5-12(2)7-9-14/h8,10-12,14H,3-7,9H2,1-2H3,(H,17,20)(H,18,19). The van der Waals surface area contributed by atoms with E-state index in [-0.39, 0.29) is 5.91 Å². The van der Waals surface area contributed by atoms with E-state index >= 15 is 0 Å². The van der Waals surface area contributed by atoms with Crippen LogP contribution < -0.4 is 10.6 Å². The van der Waals surface area contributed by atoms with Gasteiger partial charge >= 0.3 is 0 Å². The monoisotopic (exact) mass is 275 g/mol. The zero-order chi connectivity index (χ0) is 14.4. The van der Waals surface area contributed by atoms with E-state index in [1.165, 1.54) is 32.1 Å². The van der Waals surface area contributed by atoms with Crippen LogP contribution in [0.4, 0.5) is 5.82 Å². The predicted molar refractivity (Wildman–Crippen MR) is 81.9 cm³/mol. The summed E-state index contributed by atoms with van der Waals surface area (Å²) in [7, 11) is 0. The Morgan fingerprint density at radius 3 is 2.85 bits per heavy atom. The molecule has 1 aromatic rings. The summed E-state index contributed by atoms with van der Waals surface area (Å²) in [6, 6.07) is 4.25. The molecular weight excluding hydrogens is 250 g/mol. The van der Waals surface area contributed by atoms with E-state index < -0.39 is 0 Å². The highest BCUT2D eigenvalue weighted by atomic mass is 16.1. The van der Waals surface area contributed by atoms with Gasteiger partial charge in [-0.15, -0.1) is 0 Å². The summed E-state index contributed by atoms with van der Waals surface area (Å²) in [5.41, 5.74) is 0.617. The van der Waals surface area contributed by atoms with Gasteiger partial charge in [-0.25, -0.2) is 4.98 Å². The average Bonchev–Trinajstić information content (AvgIpc) is 2.65. The molecule has 1 saturated carbocycles. The molecule has 1 heterocycles. The fourth-order valence-electron chi connectivity index (χ4n) is 2.72. The van der Waals surface area contributed by atoms with Crippen molar-refractivity contribution in [2.24, 2.45) is 5.92 Å². The minimum Gasteiger partial charge on any atom is -0.367 e. The average molecular weight is 275 g/mol. The molecule has 1 aromatic heterocycles. The Kier molecular flexibility index (Phi) is 5.39. The molecule has 2 N–H and O–H groups in total. The third kappa shape index (κ3) is 4.22. The summed E-state index contributed by atoms with van der Waals surface area (Å²) >= 11 is 0. The van der Waals surface area contributed by atoms with Crippen molar-refractivity contribution in [3.8, 4) is 0 Å². The summed E-state index contributed by atoms with van der Waals surface area (Å²) in [5.74, 6) is 1.65. The van der Waals surface area contributed by atoms with Crippen LogP contribution in [-0.4, -0.2) is 23.5 Å². The van der Waals surface area contributed by atoms with Crippen molar-refractivity contribution in [1.29, 1.82) is 0 Å². The lowest BCUT2D eigenvalue weighted by molar-refractivity contribution is 0.0955. The van der Waals surface area contributed by atoms with Gasteiger partial charge < -0.3 is 10.6 Å². The molecule has 20 heavy (non-hydrogen) atoms. The zero-order valence-corrected chi connectivity index (χ0v) is 12.5. The van der Waals surface area contributed by atoms with Crippen LogP contribution in [0.5, 0.6) is 0 Å². The van der Waals surface area contributed by atoms with Gasteiger partial charge in [-0.3, -0.25) is 4.79 Å². The quantitative estimate of drug-likeness (QED) is 0.830. The molecule has 110 valence electrons. The van der Waals surface area contributed by atoms with Crippen LogP contribution in [0, 0.1) is 5.92 Å². The molecule has 0 saturated heterocycles. The number of hydrogen-bond acceptors (Lipinski definition) is 3. The maximum atomic E-state index is 11.7. The molecule has 4 nitrogen and oxygen atoms in total. The van der Waals surface area contributed by atoms with E-state index in [0.717, 1.165) is 11.7 Å². The molecule has 1 fully saturated rings. The molecule has 4 heteroatoms. The molecule has 0 spiro atoms. The minimum absolute atomic E-state index is 0.0603. The van der Waals surface area contributed by atoms with Gasteiger partial charge in [0.1, 0.15) is 5.82 Å². The van der Waals surface area contributed by atoms with Crippen molar-refractivity contribution in [2.45, 2.75) is 52.0 Å². The second-order valence-corrected chi connectivity index (χ2v) is 5.75. The number of aromatic nitrogens is 1. The van der Waals surface area contributed by atoms with E-state index in [2.05, 4.69) is 22.5 Å². The van der Waals surface area contributed by atoms with Crippen LogP contribution in [0.1, 0.15) is 56.3 Å². The van der Waals surface area contributed by atoms with Crippen molar-refractivity contribution in [1.82, 2.24) is 10.3 Å². The molecular formula is C16H25N3O. The van der Waals surface area contributed by atoms with Crippen molar-refractivity contribution in [3.63, 3.8) is 0 Å². The number of pyridine rings is 1. The molecule has 0 radical (unpaired) electrons. The number of hydrogen-bond donors (Lipinski definition) is 2. The second kappa shape index (κ2) is 7.27. The summed E-state index contributed by atoms with van der Waals surface area (Å²) in [6.45, 7) is 4.88. The molecule has 2 rings (SSSR count). The summed E-state index contributed by atoms with van der Waals surface area (Å²) in [4.78, 5) is 16.0. The Morgan fingerprint density at radius 1 is 1.30 bits per heavy atom. The number of amides is 1. The zero-order valence-electron chi connectivity index (χ0n) is 12.5.